The number of benzene rings is 2. The molecule has 0 aliphatic carbocycles. The minimum atomic E-state index is -0.498. The van der Waals surface area contributed by atoms with E-state index in [1.165, 1.54) is 6.92 Å². The number of hydrogen-bond donors (Lipinski definition) is 2. The van der Waals surface area contributed by atoms with Crippen LogP contribution in [0.4, 0.5) is 17.1 Å². The average Bonchev–Trinajstić information content (AvgIpc) is 3.01. The van der Waals surface area contributed by atoms with Crippen LogP contribution in [0, 0.1) is 5.92 Å². The monoisotopic (exact) mass is 405 g/mol. The summed E-state index contributed by atoms with van der Waals surface area (Å²) in [6, 6.07) is 11.9. The van der Waals surface area contributed by atoms with E-state index in [1.54, 1.807) is 47.4 Å². The molecule has 2 aromatic rings. The number of nitrogens with zero attached hydrogens (tertiary/aromatic N) is 1. The lowest BCUT2D eigenvalue weighted by atomic mass is 10.1. The van der Waals surface area contributed by atoms with Crippen LogP contribution in [-0.4, -0.2) is 24.3 Å². The van der Waals surface area contributed by atoms with Crippen molar-refractivity contribution >= 4 is 58.0 Å². The molecule has 0 aromatic heterocycles. The minimum absolute atomic E-state index is 0.109. The number of anilines is 3. The van der Waals surface area contributed by atoms with Crippen molar-refractivity contribution < 1.29 is 14.4 Å². The molecule has 3 amide bonds. The fraction of sp³-hybridized carbons (Fsp3) is 0.211. The van der Waals surface area contributed by atoms with E-state index < -0.39 is 5.92 Å². The van der Waals surface area contributed by atoms with Gasteiger partial charge >= 0.3 is 0 Å². The van der Waals surface area contributed by atoms with Gasteiger partial charge in [0.25, 0.3) is 0 Å². The van der Waals surface area contributed by atoms with Gasteiger partial charge in [-0.1, -0.05) is 29.3 Å². The van der Waals surface area contributed by atoms with Gasteiger partial charge in [0.05, 0.1) is 21.7 Å². The van der Waals surface area contributed by atoms with E-state index >= 15 is 0 Å². The molecule has 3 rings (SSSR count). The molecule has 140 valence electrons. The van der Waals surface area contributed by atoms with E-state index in [2.05, 4.69) is 10.6 Å². The summed E-state index contributed by atoms with van der Waals surface area (Å²) in [4.78, 5) is 37.5. The Labute approximate surface area is 166 Å². The molecule has 1 saturated heterocycles. The maximum Gasteiger partial charge on any atom is 0.229 e. The third kappa shape index (κ3) is 4.40. The summed E-state index contributed by atoms with van der Waals surface area (Å²) in [6.45, 7) is 1.69. The van der Waals surface area contributed by atoms with E-state index in [9.17, 15) is 14.4 Å². The second-order valence-electron chi connectivity index (χ2n) is 6.22. The zero-order valence-corrected chi connectivity index (χ0v) is 16.0. The summed E-state index contributed by atoms with van der Waals surface area (Å²) in [5, 5.41) is 6.01. The molecule has 0 bridgehead atoms. The van der Waals surface area contributed by atoms with Crippen molar-refractivity contribution in [1.82, 2.24) is 0 Å². The van der Waals surface area contributed by atoms with Crippen molar-refractivity contribution in [2.75, 3.05) is 22.1 Å². The summed E-state index contributed by atoms with van der Waals surface area (Å²) in [6.07, 6.45) is 0.109. The Hall–Kier alpha value is -2.57. The molecule has 1 aliphatic rings. The number of nitrogens with one attached hydrogen (secondary N) is 2. The first kappa shape index (κ1) is 19.2. The fourth-order valence-corrected chi connectivity index (χ4v) is 3.24. The predicted molar refractivity (Wildman–Crippen MR) is 106 cm³/mol. The van der Waals surface area contributed by atoms with E-state index in [-0.39, 0.29) is 35.7 Å². The van der Waals surface area contributed by atoms with E-state index in [0.717, 1.165) is 0 Å². The highest BCUT2D eigenvalue weighted by Crippen LogP contribution is 2.31. The largest absolute Gasteiger partial charge is 0.326 e. The first-order chi connectivity index (χ1) is 12.8. The normalized spacial score (nSPS) is 16.3. The Kier molecular flexibility index (Phi) is 5.68. The van der Waals surface area contributed by atoms with Crippen molar-refractivity contribution in [2.45, 2.75) is 13.3 Å². The molecule has 1 unspecified atom stereocenters. The van der Waals surface area contributed by atoms with Crippen LogP contribution < -0.4 is 15.5 Å². The van der Waals surface area contributed by atoms with Crippen LogP contribution in [0.1, 0.15) is 13.3 Å². The van der Waals surface area contributed by atoms with Gasteiger partial charge < -0.3 is 15.5 Å². The summed E-state index contributed by atoms with van der Waals surface area (Å²) in [5.41, 5.74) is 1.73. The van der Waals surface area contributed by atoms with Crippen molar-refractivity contribution in [1.29, 1.82) is 0 Å². The molecule has 27 heavy (non-hydrogen) atoms. The van der Waals surface area contributed by atoms with Gasteiger partial charge in [-0.15, -0.1) is 0 Å². The van der Waals surface area contributed by atoms with Crippen molar-refractivity contribution in [3.05, 3.63) is 52.5 Å². The van der Waals surface area contributed by atoms with Crippen LogP contribution in [-0.2, 0) is 14.4 Å². The van der Waals surface area contributed by atoms with Crippen LogP contribution in [0.2, 0.25) is 10.0 Å². The molecule has 6 nitrogen and oxygen atoms in total. The van der Waals surface area contributed by atoms with Gasteiger partial charge in [-0.3, -0.25) is 14.4 Å². The number of amides is 3. The van der Waals surface area contributed by atoms with E-state index in [4.69, 9.17) is 23.2 Å². The van der Waals surface area contributed by atoms with Crippen LogP contribution in [0.15, 0.2) is 42.5 Å². The molecule has 1 heterocycles. The number of carbonyl (C=O) groups excluding carboxylic acids is 3. The Balaban J connectivity index is 1.68. The second kappa shape index (κ2) is 7.98. The highest BCUT2D eigenvalue weighted by atomic mass is 35.5. The van der Waals surface area contributed by atoms with Crippen LogP contribution >= 0.6 is 23.2 Å². The highest BCUT2D eigenvalue weighted by molar-refractivity contribution is 6.44. The van der Waals surface area contributed by atoms with Crippen LogP contribution in [0.3, 0.4) is 0 Å². The predicted octanol–water partition coefficient (Wildman–Crippen LogP) is 3.94. The summed E-state index contributed by atoms with van der Waals surface area (Å²) >= 11 is 12.0. The quantitative estimate of drug-likeness (QED) is 0.807. The summed E-state index contributed by atoms with van der Waals surface area (Å²) < 4.78 is 0. The van der Waals surface area contributed by atoms with E-state index in [0.29, 0.717) is 22.1 Å². The van der Waals surface area contributed by atoms with Gasteiger partial charge in [0, 0.05) is 31.3 Å². The topological polar surface area (TPSA) is 78.5 Å². The molecule has 0 saturated carbocycles. The molecule has 2 aromatic carbocycles. The van der Waals surface area contributed by atoms with E-state index in [1.807, 2.05) is 0 Å². The van der Waals surface area contributed by atoms with Gasteiger partial charge in [0.1, 0.15) is 0 Å². The third-order valence-electron chi connectivity index (χ3n) is 4.20. The van der Waals surface area contributed by atoms with Gasteiger partial charge in [-0.25, -0.2) is 0 Å². The molecular formula is C19H17Cl2N3O3. The lowest BCUT2D eigenvalue weighted by molar-refractivity contribution is -0.122. The number of hydrogen-bond acceptors (Lipinski definition) is 3. The van der Waals surface area contributed by atoms with Crippen LogP contribution in [0.25, 0.3) is 0 Å². The smallest absolute Gasteiger partial charge is 0.229 e. The zero-order valence-electron chi connectivity index (χ0n) is 14.5. The fourth-order valence-electron chi connectivity index (χ4n) is 2.90. The SMILES string of the molecule is CC(=O)Nc1ccc(N2CC(C(=O)Nc3cccc(Cl)c3Cl)CC2=O)cc1. The average molecular weight is 406 g/mol. The lowest BCUT2D eigenvalue weighted by Gasteiger charge is -2.17. The minimum Gasteiger partial charge on any atom is -0.326 e. The standard InChI is InChI=1S/C19H17Cl2N3O3/c1-11(25)22-13-5-7-14(8-6-13)24-10-12(9-17(24)26)19(27)23-16-4-2-3-15(20)18(16)21/h2-8,12H,9-10H2,1H3,(H,22,25)(H,23,27). The Morgan fingerprint density at radius 2 is 1.78 bits per heavy atom. The Morgan fingerprint density at radius 3 is 2.44 bits per heavy atom. The molecular weight excluding hydrogens is 389 g/mol. The van der Waals surface area contributed by atoms with Crippen molar-refractivity contribution in [3.63, 3.8) is 0 Å². The van der Waals surface area contributed by atoms with Gasteiger partial charge in [-0.05, 0) is 36.4 Å². The summed E-state index contributed by atoms with van der Waals surface area (Å²) in [5.74, 6) is -1.09. The van der Waals surface area contributed by atoms with Gasteiger partial charge in [0.2, 0.25) is 17.7 Å². The maximum atomic E-state index is 12.5. The van der Waals surface area contributed by atoms with Crippen molar-refractivity contribution in [3.8, 4) is 0 Å². The summed E-state index contributed by atoms with van der Waals surface area (Å²) in [7, 11) is 0. The Bertz CT molecular complexity index is 900. The van der Waals surface area contributed by atoms with Gasteiger partial charge in [0.15, 0.2) is 0 Å². The molecule has 0 radical (unpaired) electrons. The number of carbonyl (C=O) groups is 3. The lowest BCUT2D eigenvalue weighted by Crippen LogP contribution is -2.28. The molecule has 8 heteroatoms. The molecule has 2 N–H and O–H groups in total. The molecule has 1 fully saturated rings. The maximum absolute atomic E-state index is 12.5. The van der Waals surface area contributed by atoms with Crippen molar-refractivity contribution in [2.24, 2.45) is 5.92 Å². The first-order valence-electron chi connectivity index (χ1n) is 8.28. The second-order valence-corrected chi connectivity index (χ2v) is 7.01. The highest BCUT2D eigenvalue weighted by Gasteiger charge is 2.35. The zero-order chi connectivity index (χ0) is 19.6. The molecule has 0 spiro atoms. The Morgan fingerprint density at radius 1 is 1.07 bits per heavy atom. The molecule has 1 aliphatic heterocycles. The third-order valence-corrected chi connectivity index (χ3v) is 5.02. The molecule has 1 atom stereocenters. The number of rotatable bonds is 4. The number of halogens is 2. The first-order valence-corrected chi connectivity index (χ1v) is 9.03. The van der Waals surface area contributed by atoms with Gasteiger partial charge in [-0.2, -0.15) is 0 Å². The van der Waals surface area contributed by atoms with Crippen LogP contribution in [0.5, 0.6) is 0 Å².